The number of carbonyl (C=O) groups is 2. The number of amides is 1. The highest BCUT2D eigenvalue weighted by Crippen LogP contribution is 2.29. The summed E-state index contributed by atoms with van der Waals surface area (Å²) in [6.07, 6.45) is 0. The summed E-state index contributed by atoms with van der Waals surface area (Å²) in [5.74, 6) is -1.80. The van der Waals surface area contributed by atoms with Crippen LogP contribution in [-0.4, -0.2) is 51.0 Å². The maximum Gasteiger partial charge on any atom is 0.331 e. The summed E-state index contributed by atoms with van der Waals surface area (Å²) in [4.78, 5) is 41.3. The first-order valence-electron chi connectivity index (χ1n) is 8.09. The lowest BCUT2D eigenvalue weighted by molar-refractivity contribution is -0.145. The van der Waals surface area contributed by atoms with Gasteiger partial charge < -0.3 is 15.2 Å². The second-order valence-electron chi connectivity index (χ2n) is 6.47. The summed E-state index contributed by atoms with van der Waals surface area (Å²) in [6.45, 7) is 6.37. The molecule has 1 unspecified atom stereocenters. The first-order valence-corrected chi connectivity index (χ1v) is 8.90. The Morgan fingerprint density at radius 3 is 2.48 bits per heavy atom. The van der Waals surface area contributed by atoms with Gasteiger partial charge in [-0.2, -0.15) is 5.10 Å². The third-order valence-corrected chi connectivity index (χ3v) is 5.41. The number of carbonyl (C=O) groups excluding carboxylic acids is 1. The Hall–Kier alpha value is -2.59. The number of hydrogen-bond acceptors (Lipinski definition) is 7. The zero-order valence-corrected chi connectivity index (χ0v) is 16.9. The number of carboxylic acids is 1. The SMILES string of the molecule is COCC(C)(NC(=O)c1sc(-c2c(C)c(C)nn(C)c2=O)nc1C)C(=O)O. The zero-order chi connectivity index (χ0) is 20.5. The van der Waals surface area contributed by atoms with Gasteiger partial charge in [-0.3, -0.25) is 9.59 Å². The van der Waals surface area contributed by atoms with E-state index in [0.29, 0.717) is 27.5 Å². The predicted molar refractivity (Wildman–Crippen MR) is 100 cm³/mol. The minimum absolute atomic E-state index is 0.192. The molecule has 0 saturated carbocycles. The van der Waals surface area contributed by atoms with E-state index in [1.54, 1.807) is 27.8 Å². The highest BCUT2D eigenvalue weighted by atomic mass is 32.1. The number of aliphatic carboxylic acids is 1. The van der Waals surface area contributed by atoms with Crippen LogP contribution in [-0.2, 0) is 16.6 Å². The number of ether oxygens (including phenoxy) is 1. The number of rotatable bonds is 6. The van der Waals surface area contributed by atoms with Crippen molar-refractivity contribution in [1.29, 1.82) is 0 Å². The molecule has 2 aromatic heterocycles. The largest absolute Gasteiger partial charge is 0.479 e. The van der Waals surface area contributed by atoms with Crippen LogP contribution in [0.2, 0.25) is 0 Å². The first kappa shape index (κ1) is 20.7. The van der Waals surface area contributed by atoms with Crippen molar-refractivity contribution in [3.05, 3.63) is 32.2 Å². The number of aromatic nitrogens is 3. The normalized spacial score (nSPS) is 13.3. The van der Waals surface area contributed by atoms with Crippen molar-refractivity contribution in [3.63, 3.8) is 0 Å². The van der Waals surface area contributed by atoms with Crippen LogP contribution in [0.15, 0.2) is 4.79 Å². The summed E-state index contributed by atoms with van der Waals surface area (Å²) in [5.41, 5.74) is 0.275. The van der Waals surface area contributed by atoms with Gasteiger partial charge in [0.1, 0.15) is 9.88 Å². The summed E-state index contributed by atoms with van der Waals surface area (Å²) in [6, 6.07) is 0. The van der Waals surface area contributed by atoms with Crippen molar-refractivity contribution in [2.45, 2.75) is 33.2 Å². The molecular weight excluding hydrogens is 372 g/mol. The van der Waals surface area contributed by atoms with E-state index in [9.17, 15) is 19.5 Å². The second kappa shape index (κ2) is 7.57. The molecule has 0 bridgehead atoms. The topological polar surface area (TPSA) is 123 Å². The number of thiazole rings is 1. The quantitative estimate of drug-likeness (QED) is 0.750. The fourth-order valence-corrected chi connectivity index (χ4v) is 3.62. The fraction of sp³-hybridized carbons (Fsp3) is 0.471. The molecule has 0 aliphatic rings. The van der Waals surface area contributed by atoms with E-state index in [-0.39, 0.29) is 17.0 Å². The monoisotopic (exact) mass is 394 g/mol. The van der Waals surface area contributed by atoms with Crippen molar-refractivity contribution >= 4 is 23.2 Å². The van der Waals surface area contributed by atoms with Gasteiger partial charge in [0.05, 0.1) is 23.6 Å². The molecule has 0 fully saturated rings. The lowest BCUT2D eigenvalue weighted by Gasteiger charge is -2.24. The molecule has 0 aromatic carbocycles. The van der Waals surface area contributed by atoms with Crippen LogP contribution in [0.25, 0.3) is 10.6 Å². The van der Waals surface area contributed by atoms with E-state index in [0.717, 1.165) is 11.3 Å². The summed E-state index contributed by atoms with van der Waals surface area (Å²) >= 11 is 1.04. The lowest BCUT2D eigenvalue weighted by atomic mass is 10.0. The molecule has 0 spiro atoms. The molecule has 2 N–H and O–H groups in total. The number of nitrogens with zero attached hydrogens (tertiary/aromatic N) is 3. The highest BCUT2D eigenvalue weighted by Gasteiger charge is 2.36. The van der Waals surface area contributed by atoms with Crippen LogP contribution < -0.4 is 10.9 Å². The van der Waals surface area contributed by atoms with Gasteiger partial charge in [0.25, 0.3) is 11.5 Å². The molecule has 0 radical (unpaired) electrons. The van der Waals surface area contributed by atoms with E-state index in [1.165, 1.54) is 18.7 Å². The molecule has 146 valence electrons. The van der Waals surface area contributed by atoms with E-state index < -0.39 is 17.4 Å². The van der Waals surface area contributed by atoms with E-state index >= 15 is 0 Å². The van der Waals surface area contributed by atoms with Crippen LogP contribution in [0.4, 0.5) is 0 Å². The number of aryl methyl sites for hydroxylation is 3. The maximum absolute atomic E-state index is 12.7. The third kappa shape index (κ3) is 3.91. The average Bonchev–Trinajstić information content (AvgIpc) is 2.95. The van der Waals surface area contributed by atoms with Crippen LogP contribution >= 0.6 is 11.3 Å². The maximum atomic E-state index is 12.7. The molecule has 2 aromatic rings. The molecule has 0 aliphatic carbocycles. The minimum atomic E-state index is -1.58. The molecule has 0 aliphatic heterocycles. The van der Waals surface area contributed by atoms with E-state index in [2.05, 4.69) is 15.4 Å². The molecule has 2 rings (SSSR count). The van der Waals surface area contributed by atoms with Gasteiger partial charge in [0, 0.05) is 14.2 Å². The van der Waals surface area contributed by atoms with Crippen LogP contribution in [0, 0.1) is 20.8 Å². The zero-order valence-electron chi connectivity index (χ0n) is 16.0. The molecule has 9 nitrogen and oxygen atoms in total. The van der Waals surface area contributed by atoms with Gasteiger partial charge in [0.15, 0.2) is 5.54 Å². The Bertz CT molecular complexity index is 965. The lowest BCUT2D eigenvalue weighted by Crippen LogP contribution is -2.55. The first-order chi connectivity index (χ1) is 12.5. The Morgan fingerprint density at radius 1 is 1.30 bits per heavy atom. The van der Waals surface area contributed by atoms with Crippen molar-refractivity contribution in [1.82, 2.24) is 20.1 Å². The van der Waals surface area contributed by atoms with E-state index in [4.69, 9.17) is 4.74 Å². The highest BCUT2D eigenvalue weighted by molar-refractivity contribution is 7.17. The number of methoxy groups -OCH3 is 1. The third-order valence-electron chi connectivity index (χ3n) is 4.24. The average molecular weight is 394 g/mol. The smallest absolute Gasteiger partial charge is 0.331 e. The van der Waals surface area contributed by atoms with Crippen LogP contribution in [0.1, 0.15) is 33.5 Å². The van der Waals surface area contributed by atoms with Crippen LogP contribution in [0.5, 0.6) is 0 Å². The standard InChI is InChI=1S/C17H22N4O5S/c1-8-9(2)20-21(5)15(23)11(8)14-18-10(3)12(27-14)13(22)19-17(4,7-26-6)16(24)25/h7H2,1-6H3,(H,19,22)(H,24,25). The Morgan fingerprint density at radius 2 is 1.93 bits per heavy atom. The number of carboxylic acid groups (broad SMARTS) is 1. The molecule has 10 heteroatoms. The molecular formula is C17H22N4O5S. The van der Waals surface area contributed by atoms with Crippen molar-refractivity contribution in [2.24, 2.45) is 7.05 Å². The Balaban J connectivity index is 2.48. The van der Waals surface area contributed by atoms with Gasteiger partial charge in [0.2, 0.25) is 0 Å². The fourth-order valence-electron chi connectivity index (χ4n) is 2.56. The van der Waals surface area contributed by atoms with Gasteiger partial charge in [-0.15, -0.1) is 11.3 Å². The van der Waals surface area contributed by atoms with Crippen molar-refractivity contribution < 1.29 is 19.4 Å². The summed E-state index contributed by atoms with van der Waals surface area (Å²) in [7, 11) is 2.91. The molecule has 0 saturated heterocycles. The molecule has 2 heterocycles. The van der Waals surface area contributed by atoms with Crippen molar-refractivity contribution in [3.8, 4) is 10.6 Å². The van der Waals surface area contributed by atoms with Crippen molar-refractivity contribution in [2.75, 3.05) is 13.7 Å². The second-order valence-corrected chi connectivity index (χ2v) is 7.47. The minimum Gasteiger partial charge on any atom is -0.479 e. The van der Waals surface area contributed by atoms with Gasteiger partial charge >= 0.3 is 5.97 Å². The Labute approximate surface area is 160 Å². The molecule has 1 atom stereocenters. The summed E-state index contributed by atoms with van der Waals surface area (Å²) < 4.78 is 6.14. The number of hydrogen-bond donors (Lipinski definition) is 2. The number of nitrogens with one attached hydrogen (secondary N) is 1. The van der Waals surface area contributed by atoms with Gasteiger partial charge in [-0.05, 0) is 33.3 Å². The van der Waals surface area contributed by atoms with E-state index in [1.807, 2.05) is 0 Å². The van der Waals surface area contributed by atoms with Gasteiger partial charge in [-0.1, -0.05) is 0 Å². The Kier molecular flexibility index (Phi) is 5.81. The predicted octanol–water partition coefficient (Wildman–Crippen LogP) is 1.05. The van der Waals surface area contributed by atoms with Crippen LogP contribution in [0.3, 0.4) is 0 Å². The molecule has 27 heavy (non-hydrogen) atoms. The summed E-state index contributed by atoms with van der Waals surface area (Å²) in [5, 5.41) is 16.4. The molecule has 1 amide bonds. The van der Waals surface area contributed by atoms with Gasteiger partial charge in [-0.25, -0.2) is 14.5 Å².